The highest BCUT2D eigenvalue weighted by molar-refractivity contribution is 5.56. The van der Waals surface area contributed by atoms with Gasteiger partial charge in [0.1, 0.15) is 5.75 Å². The molecule has 0 saturated heterocycles. The maximum Gasteiger partial charge on any atom is 0.142 e. The molecular formula is C17H27NO. The lowest BCUT2D eigenvalue weighted by Crippen LogP contribution is -2.30. The van der Waals surface area contributed by atoms with E-state index < -0.39 is 0 Å². The molecule has 0 unspecified atom stereocenters. The average molecular weight is 261 g/mol. The second-order valence-electron chi connectivity index (χ2n) is 6.43. The van der Waals surface area contributed by atoms with E-state index in [0.29, 0.717) is 11.5 Å². The minimum absolute atomic E-state index is 0.524. The lowest BCUT2D eigenvalue weighted by Gasteiger charge is -2.35. The van der Waals surface area contributed by atoms with E-state index in [1.807, 2.05) is 6.07 Å². The molecule has 19 heavy (non-hydrogen) atoms. The summed E-state index contributed by atoms with van der Waals surface area (Å²) in [6.07, 6.45) is 6.18. The summed E-state index contributed by atoms with van der Waals surface area (Å²) in [6.45, 7) is 7.68. The minimum Gasteiger partial charge on any atom is -0.491 e. The second-order valence-corrected chi connectivity index (χ2v) is 6.43. The molecular weight excluding hydrogens is 234 g/mol. The standard InChI is InChI=1S/C17H27NO/c1-4-13-19-16-8-6-5-7-15(16)18-14-9-11-17(2,3)12-10-14/h5-8,14,18H,4,9-13H2,1-3H3. The van der Waals surface area contributed by atoms with Gasteiger partial charge in [-0.1, -0.05) is 32.9 Å². The molecule has 106 valence electrons. The van der Waals surface area contributed by atoms with E-state index in [1.165, 1.54) is 25.7 Å². The monoisotopic (exact) mass is 261 g/mol. The van der Waals surface area contributed by atoms with E-state index in [1.54, 1.807) is 0 Å². The molecule has 0 heterocycles. The van der Waals surface area contributed by atoms with Gasteiger partial charge in [-0.05, 0) is 49.7 Å². The van der Waals surface area contributed by atoms with Crippen molar-refractivity contribution in [3.05, 3.63) is 24.3 Å². The Morgan fingerprint density at radius 1 is 1.21 bits per heavy atom. The summed E-state index contributed by atoms with van der Waals surface area (Å²) in [4.78, 5) is 0. The maximum absolute atomic E-state index is 5.81. The zero-order chi connectivity index (χ0) is 13.7. The molecule has 1 N–H and O–H groups in total. The Morgan fingerprint density at radius 2 is 1.89 bits per heavy atom. The van der Waals surface area contributed by atoms with Gasteiger partial charge in [0.05, 0.1) is 12.3 Å². The van der Waals surface area contributed by atoms with Crippen LogP contribution < -0.4 is 10.1 Å². The first-order valence-corrected chi connectivity index (χ1v) is 7.59. The van der Waals surface area contributed by atoms with Gasteiger partial charge >= 0.3 is 0 Å². The van der Waals surface area contributed by atoms with Crippen LogP contribution in [0.15, 0.2) is 24.3 Å². The fourth-order valence-corrected chi connectivity index (χ4v) is 2.69. The first-order chi connectivity index (χ1) is 9.11. The van der Waals surface area contributed by atoms with Gasteiger partial charge in [0, 0.05) is 6.04 Å². The lowest BCUT2D eigenvalue weighted by atomic mass is 9.75. The zero-order valence-electron chi connectivity index (χ0n) is 12.5. The van der Waals surface area contributed by atoms with E-state index in [-0.39, 0.29) is 0 Å². The highest BCUT2D eigenvalue weighted by atomic mass is 16.5. The summed E-state index contributed by atoms with van der Waals surface area (Å²) in [7, 11) is 0. The van der Waals surface area contributed by atoms with Crippen molar-refractivity contribution < 1.29 is 4.74 Å². The Hall–Kier alpha value is -1.18. The van der Waals surface area contributed by atoms with Crippen LogP contribution in [-0.4, -0.2) is 12.6 Å². The number of benzene rings is 1. The Balaban J connectivity index is 1.95. The topological polar surface area (TPSA) is 21.3 Å². The molecule has 0 amide bonds. The number of hydrogen-bond donors (Lipinski definition) is 1. The maximum atomic E-state index is 5.81. The fourth-order valence-electron chi connectivity index (χ4n) is 2.69. The summed E-state index contributed by atoms with van der Waals surface area (Å²) in [5.74, 6) is 0.995. The van der Waals surface area contributed by atoms with Gasteiger partial charge in [0.15, 0.2) is 0 Å². The van der Waals surface area contributed by atoms with E-state index in [2.05, 4.69) is 44.3 Å². The Bertz CT molecular complexity index is 390. The van der Waals surface area contributed by atoms with Gasteiger partial charge in [-0.2, -0.15) is 0 Å². The number of para-hydroxylation sites is 2. The molecule has 1 aliphatic carbocycles. The first kappa shape index (κ1) is 14.2. The van der Waals surface area contributed by atoms with Crippen LogP contribution in [0, 0.1) is 5.41 Å². The summed E-state index contributed by atoms with van der Waals surface area (Å²) in [5.41, 5.74) is 1.68. The fraction of sp³-hybridized carbons (Fsp3) is 0.647. The Kier molecular flexibility index (Phi) is 4.73. The smallest absolute Gasteiger partial charge is 0.142 e. The van der Waals surface area contributed by atoms with Crippen molar-refractivity contribution in [3.63, 3.8) is 0 Å². The van der Waals surface area contributed by atoms with Crippen molar-refractivity contribution >= 4 is 5.69 Å². The van der Waals surface area contributed by atoms with Crippen molar-refractivity contribution in [2.45, 2.75) is 58.9 Å². The number of hydrogen-bond acceptors (Lipinski definition) is 2. The highest BCUT2D eigenvalue weighted by Gasteiger charge is 2.26. The van der Waals surface area contributed by atoms with Crippen LogP contribution in [0.25, 0.3) is 0 Å². The average Bonchev–Trinajstić information content (AvgIpc) is 2.40. The normalized spacial score (nSPS) is 19.1. The van der Waals surface area contributed by atoms with Crippen LogP contribution >= 0.6 is 0 Å². The molecule has 2 rings (SSSR count). The summed E-state index contributed by atoms with van der Waals surface area (Å²) >= 11 is 0. The summed E-state index contributed by atoms with van der Waals surface area (Å²) < 4.78 is 5.81. The SMILES string of the molecule is CCCOc1ccccc1NC1CCC(C)(C)CC1. The third kappa shape index (κ3) is 4.15. The molecule has 2 nitrogen and oxygen atoms in total. The van der Waals surface area contributed by atoms with Crippen LogP contribution in [0.2, 0.25) is 0 Å². The Labute approximate surface area is 117 Å². The van der Waals surface area contributed by atoms with Crippen LogP contribution in [-0.2, 0) is 0 Å². The molecule has 0 radical (unpaired) electrons. The highest BCUT2D eigenvalue weighted by Crippen LogP contribution is 2.37. The molecule has 0 aliphatic heterocycles. The van der Waals surface area contributed by atoms with E-state index in [4.69, 9.17) is 4.74 Å². The van der Waals surface area contributed by atoms with Gasteiger partial charge in [-0.25, -0.2) is 0 Å². The molecule has 0 aromatic heterocycles. The summed E-state index contributed by atoms with van der Waals surface area (Å²) in [5, 5.41) is 3.67. The molecule has 1 aliphatic rings. The van der Waals surface area contributed by atoms with Gasteiger partial charge in [0.2, 0.25) is 0 Å². The van der Waals surface area contributed by atoms with Gasteiger partial charge in [0.25, 0.3) is 0 Å². The van der Waals surface area contributed by atoms with Crippen molar-refractivity contribution in [3.8, 4) is 5.75 Å². The van der Waals surface area contributed by atoms with Crippen molar-refractivity contribution in [2.75, 3.05) is 11.9 Å². The summed E-state index contributed by atoms with van der Waals surface area (Å²) in [6, 6.07) is 8.91. The number of anilines is 1. The molecule has 0 spiro atoms. The van der Waals surface area contributed by atoms with Gasteiger partial charge in [-0.15, -0.1) is 0 Å². The molecule has 1 aromatic rings. The van der Waals surface area contributed by atoms with E-state index >= 15 is 0 Å². The van der Waals surface area contributed by atoms with Gasteiger partial charge in [-0.3, -0.25) is 0 Å². The Morgan fingerprint density at radius 3 is 2.58 bits per heavy atom. The van der Waals surface area contributed by atoms with Gasteiger partial charge < -0.3 is 10.1 Å². The number of nitrogens with one attached hydrogen (secondary N) is 1. The molecule has 1 fully saturated rings. The lowest BCUT2D eigenvalue weighted by molar-refractivity contribution is 0.232. The third-order valence-corrected chi connectivity index (χ3v) is 4.05. The van der Waals surface area contributed by atoms with Crippen molar-refractivity contribution in [1.82, 2.24) is 0 Å². The minimum atomic E-state index is 0.524. The predicted octanol–water partition coefficient (Wildman–Crippen LogP) is 4.86. The van der Waals surface area contributed by atoms with Crippen LogP contribution in [0.4, 0.5) is 5.69 Å². The molecule has 1 saturated carbocycles. The first-order valence-electron chi connectivity index (χ1n) is 7.59. The largest absolute Gasteiger partial charge is 0.491 e. The van der Waals surface area contributed by atoms with E-state index in [0.717, 1.165) is 24.5 Å². The molecule has 2 heteroatoms. The van der Waals surface area contributed by atoms with Crippen molar-refractivity contribution in [2.24, 2.45) is 5.41 Å². The van der Waals surface area contributed by atoms with Crippen molar-refractivity contribution in [1.29, 1.82) is 0 Å². The quantitative estimate of drug-likeness (QED) is 0.817. The molecule has 0 bridgehead atoms. The van der Waals surface area contributed by atoms with Crippen LogP contribution in [0.5, 0.6) is 5.75 Å². The zero-order valence-corrected chi connectivity index (χ0v) is 12.5. The second kappa shape index (κ2) is 6.31. The number of rotatable bonds is 5. The predicted molar refractivity (Wildman–Crippen MR) is 81.9 cm³/mol. The van der Waals surface area contributed by atoms with Crippen LogP contribution in [0.1, 0.15) is 52.9 Å². The van der Waals surface area contributed by atoms with E-state index in [9.17, 15) is 0 Å². The molecule has 0 atom stereocenters. The third-order valence-electron chi connectivity index (χ3n) is 4.05. The van der Waals surface area contributed by atoms with Crippen LogP contribution in [0.3, 0.4) is 0 Å². The molecule has 1 aromatic carbocycles. The number of ether oxygens (including phenoxy) is 1.